The van der Waals surface area contributed by atoms with Gasteiger partial charge in [0.15, 0.2) is 0 Å². The van der Waals surface area contributed by atoms with Gasteiger partial charge in [0, 0.05) is 13.0 Å². The molecule has 3 atom stereocenters. The fourth-order valence-corrected chi connectivity index (χ4v) is 4.58. The fraction of sp³-hybridized carbons (Fsp3) is 0.708. The average Bonchev–Trinajstić information content (AvgIpc) is 3.47. The minimum absolute atomic E-state index is 0.187. The van der Waals surface area contributed by atoms with Gasteiger partial charge in [-0.05, 0) is 60.6 Å². The van der Waals surface area contributed by atoms with Gasteiger partial charge in [0.25, 0.3) is 0 Å². The molecule has 1 aromatic carbocycles. The van der Waals surface area contributed by atoms with E-state index in [0.717, 1.165) is 43.6 Å². The van der Waals surface area contributed by atoms with Crippen LogP contribution >= 0.6 is 0 Å². The van der Waals surface area contributed by atoms with Gasteiger partial charge in [0.2, 0.25) is 5.91 Å². The number of hydrogen-bond donors (Lipinski definition) is 1. The van der Waals surface area contributed by atoms with Crippen LogP contribution in [0.2, 0.25) is 0 Å². The van der Waals surface area contributed by atoms with Crippen LogP contribution in [0, 0.1) is 17.8 Å². The zero-order valence-corrected chi connectivity index (χ0v) is 17.2. The summed E-state index contributed by atoms with van der Waals surface area (Å²) in [6, 6.07) is 8.61. The third-order valence-corrected chi connectivity index (χ3v) is 6.54. The zero-order valence-electron chi connectivity index (χ0n) is 17.2. The Labute approximate surface area is 165 Å². The van der Waals surface area contributed by atoms with Crippen molar-refractivity contribution in [3.8, 4) is 5.75 Å². The minimum atomic E-state index is 0.187. The summed E-state index contributed by atoms with van der Waals surface area (Å²) in [5, 5.41) is 3.07. The molecule has 3 rings (SSSR count). The van der Waals surface area contributed by atoms with Crippen molar-refractivity contribution in [1.29, 1.82) is 0 Å². The maximum Gasteiger partial charge on any atom is 0.219 e. The minimum Gasteiger partial charge on any atom is -0.494 e. The fourth-order valence-electron chi connectivity index (χ4n) is 4.58. The monoisotopic (exact) mass is 371 g/mol. The molecule has 3 heteroatoms. The van der Waals surface area contributed by atoms with Gasteiger partial charge in [-0.25, -0.2) is 0 Å². The first-order chi connectivity index (χ1) is 13.2. The highest BCUT2D eigenvalue weighted by Crippen LogP contribution is 2.47. The van der Waals surface area contributed by atoms with Gasteiger partial charge in [0.05, 0.1) is 6.61 Å². The molecule has 2 aliphatic carbocycles. The van der Waals surface area contributed by atoms with Gasteiger partial charge in [-0.15, -0.1) is 0 Å². The maximum atomic E-state index is 11.6. The van der Waals surface area contributed by atoms with E-state index in [1.54, 1.807) is 0 Å². The number of benzene rings is 1. The largest absolute Gasteiger partial charge is 0.494 e. The summed E-state index contributed by atoms with van der Waals surface area (Å²) >= 11 is 0. The van der Waals surface area contributed by atoms with Crippen molar-refractivity contribution in [3.05, 3.63) is 29.8 Å². The van der Waals surface area contributed by atoms with Gasteiger partial charge >= 0.3 is 0 Å². The molecule has 2 aliphatic rings. The Bertz CT molecular complexity index is 594. The van der Waals surface area contributed by atoms with Gasteiger partial charge in [-0.3, -0.25) is 4.79 Å². The number of hydrogen-bond acceptors (Lipinski definition) is 2. The third kappa shape index (κ3) is 6.26. The average molecular weight is 372 g/mol. The van der Waals surface area contributed by atoms with E-state index in [4.69, 9.17) is 4.74 Å². The molecule has 0 aromatic heterocycles. The standard InChI is InChI=1S/C24H37NO2/c1-3-8-24(26)25-17-21-16-23(21)20-11-7-12-22(15-20)27-14-13-18(2)19-9-5-4-6-10-19/h7,11-12,15,18-19,21,23H,3-6,8-10,13-14,16-17H2,1-2H3,(H,25,26). The molecule has 27 heavy (non-hydrogen) atoms. The van der Waals surface area contributed by atoms with Crippen molar-refractivity contribution in [1.82, 2.24) is 5.32 Å². The van der Waals surface area contributed by atoms with Gasteiger partial charge in [-0.1, -0.05) is 58.1 Å². The molecule has 1 aromatic rings. The highest BCUT2D eigenvalue weighted by molar-refractivity contribution is 5.75. The lowest BCUT2D eigenvalue weighted by Gasteiger charge is -2.27. The Morgan fingerprint density at radius 3 is 2.85 bits per heavy atom. The van der Waals surface area contributed by atoms with Crippen LogP contribution in [-0.2, 0) is 4.79 Å². The number of rotatable bonds is 10. The number of carbonyl (C=O) groups excluding carboxylic acids is 1. The van der Waals surface area contributed by atoms with Crippen molar-refractivity contribution in [2.45, 2.75) is 77.6 Å². The topological polar surface area (TPSA) is 38.3 Å². The lowest BCUT2D eigenvalue weighted by Crippen LogP contribution is -2.25. The van der Waals surface area contributed by atoms with Crippen LogP contribution in [0.1, 0.15) is 83.1 Å². The summed E-state index contributed by atoms with van der Waals surface area (Å²) < 4.78 is 6.08. The van der Waals surface area contributed by atoms with Crippen LogP contribution in [0.5, 0.6) is 5.75 Å². The molecule has 0 aliphatic heterocycles. The molecule has 3 nitrogen and oxygen atoms in total. The van der Waals surface area contributed by atoms with E-state index in [1.807, 2.05) is 6.92 Å². The van der Waals surface area contributed by atoms with E-state index in [2.05, 4.69) is 36.5 Å². The van der Waals surface area contributed by atoms with Crippen molar-refractivity contribution in [2.24, 2.45) is 17.8 Å². The summed E-state index contributed by atoms with van der Waals surface area (Å²) in [4.78, 5) is 11.6. The molecule has 2 fully saturated rings. The molecule has 150 valence electrons. The molecule has 0 spiro atoms. The first-order valence-electron chi connectivity index (χ1n) is 11.2. The van der Waals surface area contributed by atoms with E-state index in [-0.39, 0.29) is 5.91 Å². The quantitative estimate of drug-likeness (QED) is 0.573. The Kier molecular flexibility index (Phi) is 7.60. The molecule has 0 saturated heterocycles. The second-order valence-corrected chi connectivity index (χ2v) is 8.74. The van der Waals surface area contributed by atoms with E-state index in [1.165, 1.54) is 44.1 Å². The van der Waals surface area contributed by atoms with Crippen LogP contribution in [0.4, 0.5) is 0 Å². The molecule has 1 N–H and O–H groups in total. The number of amides is 1. The van der Waals surface area contributed by atoms with E-state index >= 15 is 0 Å². The molecule has 0 radical (unpaired) electrons. The van der Waals surface area contributed by atoms with Gasteiger partial charge in [-0.2, -0.15) is 0 Å². The maximum absolute atomic E-state index is 11.6. The first-order valence-corrected chi connectivity index (χ1v) is 11.2. The second-order valence-electron chi connectivity index (χ2n) is 8.74. The Morgan fingerprint density at radius 2 is 2.07 bits per heavy atom. The van der Waals surface area contributed by atoms with Crippen molar-refractivity contribution in [2.75, 3.05) is 13.2 Å². The summed E-state index contributed by atoms with van der Waals surface area (Å²) in [7, 11) is 0. The smallest absolute Gasteiger partial charge is 0.219 e. The van der Waals surface area contributed by atoms with E-state index < -0.39 is 0 Å². The highest BCUT2D eigenvalue weighted by Gasteiger charge is 2.38. The zero-order chi connectivity index (χ0) is 19.1. The normalized spacial score (nSPS) is 23.6. The number of nitrogens with one attached hydrogen (secondary N) is 1. The summed E-state index contributed by atoms with van der Waals surface area (Å²) in [5.41, 5.74) is 1.36. The third-order valence-electron chi connectivity index (χ3n) is 6.54. The van der Waals surface area contributed by atoms with E-state index in [9.17, 15) is 4.79 Å². The van der Waals surface area contributed by atoms with Crippen LogP contribution in [0.25, 0.3) is 0 Å². The van der Waals surface area contributed by atoms with Gasteiger partial charge in [0.1, 0.15) is 5.75 Å². The molecular weight excluding hydrogens is 334 g/mol. The lowest BCUT2D eigenvalue weighted by atomic mass is 9.80. The molecule has 2 saturated carbocycles. The molecule has 0 bridgehead atoms. The SMILES string of the molecule is CCCC(=O)NCC1CC1c1cccc(OCCC(C)C2CCCCC2)c1. The van der Waals surface area contributed by atoms with Crippen molar-refractivity contribution >= 4 is 5.91 Å². The van der Waals surface area contributed by atoms with Gasteiger partial charge < -0.3 is 10.1 Å². The van der Waals surface area contributed by atoms with Crippen LogP contribution in [0.15, 0.2) is 24.3 Å². The second kappa shape index (κ2) is 10.1. The first kappa shape index (κ1) is 20.2. The van der Waals surface area contributed by atoms with Crippen LogP contribution in [-0.4, -0.2) is 19.1 Å². The molecule has 3 unspecified atom stereocenters. The van der Waals surface area contributed by atoms with E-state index in [0.29, 0.717) is 18.3 Å². The lowest BCUT2D eigenvalue weighted by molar-refractivity contribution is -0.121. The van der Waals surface area contributed by atoms with Crippen LogP contribution < -0.4 is 10.1 Å². The Balaban J connectivity index is 1.39. The van der Waals surface area contributed by atoms with Crippen molar-refractivity contribution in [3.63, 3.8) is 0 Å². The van der Waals surface area contributed by atoms with Crippen LogP contribution in [0.3, 0.4) is 0 Å². The Morgan fingerprint density at radius 1 is 1.26 bits per heavy atom. The highest BCUT2D eigenvalue weighted by atomic mass is 16.5. The predicted molar refractivity (Wildman–Crippen MR) is 111 cm³/mol. The Hall–Kier alpha value is -1.51. The summed E-state index contributed by atoms with van der Waals surface area (Å²) in [6.45, 7) is 6.08. The van der Waals surface area contributed by atoms with Crippen molar-refractivity contribution < 1.29 is 9.53 Å². The molecular formula is C24H37NO2. The molecule has 0 heterocycles. The summed E-state index contributed by atoms with van der Waals surface area (Å²) in [5.74, 6) is 4.04. The number of carbonyl (C=O) groups is 1. The predicted octanol–water partition coefficient (Wildman–Crippen LogP) is 5.69. The molecule has 1 amide bonds. The summed E-state index contributed by atoms with van der Waals surface area (Å²) in [6.07, 6.45) is 11.0. The number of ether oxygens (including phenoxy) is 1.